The molecule has 1 aromatic rings. The van der Waals surface area contributed by atoms with Crippen molar-refractivity contribution >= 4 is 6.08 Å². The highest BCUT2D eigenvalue weighted by Gasteiger charge is 2.09. The maximum absolute atomic E-state index is 8.17. The van der Waals surface area contributed by atoms with Gasteiger partial charge in [0.2, 0.25) is 0 Å². The monoisotopic (exact) mass is 171 g/mol. The summed E-state index contributed by atoms with van der Waals surface area (Å²) in [6.45, 7) is 0.491. The molecule has 0 N–H and O–H groups in total. The first kappa shape index (κ1) is 7.90. The summed E-state index contributed by atoms with van der Waals surface area (Å²) in [5, 5.41) is 3.55. The normalized spacial score (nSPS) is 13.1. The van der Waals surface area contributed by atoms with E-state index in [0.717, 1.165) is 6.42 Å². The molecule has 13 heavy (non-hydrogen) atoms. The fraction of sp³-hybridized carbons (Fsp3) is 0.200. The molecule has 0 saturated carbocycles. The Morgan fingerprint density at radius 1 is 1.38 bits per heavy atom. The Balaban J connectivity index is 2.21. The van der Waals surface area contributed by atoms with Gasteiger partial charge in [0.25, 0.3) is 0 Å². The predicted molar refractivity (Wildman–Crippen MR) is 52.1 cm³/mol. The second kappa shape index (κ2) is 3.33. The van der Waals surface area contributed by atoms with E-state index in [9.17, 15) is 0 Å². The number of rotatable bonds is 2. The second-order valence-corrected chi connectivity index (χ2v) is 3.07. The van der Waals surface area contributed by atoms with Crippen molar-refractivity contribution in [2.24, 2.45) is 5.11 Å². The maximum atomic E-state index is 8.17. The van der Waals surface area contributed by atoms with Crippen LogP contribution in [0.2, 0.25) is 0 Å². The molecule has 2 rings (SSSR count). The van der Waals surface area contributed by atoms with E-state index in [1.54, 1.807) is 0 Å². The molecule has 3 heteroatoms. The zero-order chi connectivity index (χ0) is 9.10. The molecule has 0 fully saturated rings. The molecule has 0 bridgehead atoms. The fourth-order valence-electron chi connectivity index (χ4n) is 1.58. The van der Waals surface area contributed by atoms with Crippen LogP contribution in [-0.4, -0.2) is 6.54 Å². The van der Waals surface area contributed by atoms with Gasteiger partial charge in [-0.1, -0.05) is 41.0 Å². The van der Waals surface area contributed by atoms with Crippen LogP contribution in [0.25, 0.3) is 16.5 Å². The summed E-state index contributed by atoms with van der Waals surface area (Å²) < 4.78 is 0. The lowest BCUT2D eigenvalue weighted by atomic mass is 10.1. The van der Waals surface area contributed by atoms with Crippen LogP contribution in [-0.2, 0) is 6.42 Å². The molecule has 0 amide bonds. The standard InChI is InChI=1S/C10H9N3/c11-13-12-7-8-5-9-3-1-2-4-10(9)6-8/h1-5H,6-7H2. The Labute approximate surface area is 76.3 Å². The van der Waals surface area contributed by atoms with Crippen LogP contribution >= 0.6 is 0 Å². The van der Waals surface area contributed by atoms with E-state index in [1.165, 1.54) is 16.7 Å². The molecule has 1 aliphatic rings. The van der Waals surface area contributed by atoms with Crippen molar-refractivity contribution in [3.05, 3.63) is 51.4 Å². The van der Waals surface area contributed by atoms with Gasteiger partial charge in [0, 0.05) is 11.5 Å². The summed E-state index contributed by atoms with van der Waals surface area (Å²) in [6.07, 6.45) is 3.03. The average molecular weight is 171 g/mol. The molecule has 64 valence electrons. The lowest BCUT2D eigenvalue weighted by Gasteiger charge is -1.95. The van der Waals surface area contributed by atoms with Crippen LogP contribution < -0.4 is 0 Å². The molecule has 0 aliphatic heterocycles. The summed E-state index contributed by atoms with van der Waals surface area (Å²) in [6, 6.07) is 8.24. The van der Waals surface area contributed by atoms with Crippen molar-refractivity contribution in [3.63, 3.8) is 0 Å². The minimum atomic E-state index is 0.491. The van der Waals surface area contributed by atoms with Gasteiger partial charge in [0.1, 0.15) is 0 Å². The molecule has 3 nitrogen and oxygen atoms in total. The Morgan fingerprint density at radius 2 is 2.23 bits per heavy atom. The van der Waals surface area contributed by atoms with Gasteiger partial charge in [0.05, 0.1) is 0 Å². The molecule has 1 aromatic carbocycles. The van der Waals surface area contributed by atoms with Gasteiger partial charge in [-0.25, -0.2) is 0 Å². The molecule has 1 aliphatic carbocycles. The first-order chi connectivity index (χ1) is 6.40. The fourth-order valence-corrected chi connectivity index (χ4v) is 1.58. The lowest BCUT2D eigenvalue weighted by Crippen LogP contribution is -1.86. The van der Waals surface area contributed by atoms with Crippen LogP contribution in [0.15, 0.2) is 35.0 Å². The van der Waals surface area contributed by atoms with Crippen molar-refractivity contribution < 1.29 is 0 Å². The number of hydrogen-bond donors (Lipinski definition) is 0. The maximum Gasteiger partial charge on any atom is 0.0476 e. The van der Waals surface area contributed by atoms with Gasteiger partial charge in [0.15, 0.2) is 0 Å². The average Bonchev–Trinajstić information content (AvgIpc) is 2.57. The van der Waals surface area contributed by atoms with E-state index < -0.39 is 0 Å². The highest BCUT2D eigenvalue weighted by Crippen LogP contribution is 2.24. The third kappa shape index (κ3) is 1.55. The zero-order valence-corrected chi connectivity index (χ0v) is 7.14. The van der Waals surface area contributed by atoms with E-state index in [4.69, 9.17) is 5.53 Å². The van der Waals surface area contributed by atoms with Crippen molar-refractivity contribution in [1.29, 1.82) is 0 Å². The first-order valence-corrected chi connectivity index (χ1v) is 4.18. The third-order valence-electron chi connectivity index (χ3n) is 2.17. The lowest BCUT2D eigenvalue weighted by molar-refractivity contribution is 1.06. The van der Waals surface area contributed by atoms with E-state index in [-0.39, 0.29) is 0 Å². The molecule has 0 aromatic heterocycles. The Hall–Kier alpha value is -1.73. The number of azide groups is 1. The molecular weight excluding hydrogens is 162 g/mol. The van der Waals surface area contributed by atoms with Gasteiger partial charge in [-0.3, -0.25) is 0 Å². The molecule has 0 saturated heterocycles. The summed E-state index contributed by atoms with van der Waals surface area (Å²) in [5.41, 5.74) is 11.9. The largest absolute Gasteiger partial charge is 0.0896 e. The first-order valence-electron chi connectivity index (χ1n) is 4.18. The highest BCUT2D eigenvalue weighted by atomic mass is 15.1. The second-order valence-electron chi connectivity index (χ2n) is 3.07. The van der Waals surface area contributed by atoms with Crippen LogP contribution in [0, 0.1) is 0 Å². The third-order valence-corrected chi connectivity index (χ3v) is 2.17. The summed E-state index contributed by atoms with van der Waals surface area (Å²) >= 11 is 0. The SMILES string of the molecule is [N-]=[N+]=NCC1=Cc2ccccc2C1. The van der Waals surface area contributed by atoms with Gasteiger partial charge in [-0.2, -0.15) is 0 Å². The van der Waals surface area contributed by atoms with Gasteiger partial charge >= 0.3 is 0 Å². The van der Waals surface area contributed by atoms with E-state index in [0.29, 0.717) is 6.54 Å². The highest BCUT2D eigenvalue weighted by molar-refractivity contribution is 5.63. The zero-order valence-electron chi connectivity index (χ0n) is 7.14. The summed E-state index contributed by atoms with van der Waals surface area (Å²) in [7, 11) is 0. The minimum Gasteiger partial charge on any atom is -0.0896 e. The van der Waals surface area contributed by atoms with E-state index >= 15 is 0 Å². The van der Waals surface area contributed by atoms with Crippen molar-refractivity contribution in [1.82, 2.24) is 0 Å². The predicted octanol–water partition coefficient (Wildman–Crippen LogP) is 2.94. The summed E-state index contributed by atoms with van der Waals surface area (Å²) in [5.74, 6) is 0. The van der Waals surface area contributed by atoms with Crippen molar-refractivity contribution in [2.45, 2.75) is 6.42 Å². The molecule has 0 spiro atoms. The van der Waals surface area contributed by atoms with Crippen LogP contribution in [0.4, 0.5) is 0 Å². The minimum absolute atomic E-state index is 0.491. The molecule has 0 radical (unpaired) electrons. The quantitative estimate of drug-likeness (QED) is 0.373. The van der Waals surface area contributed by atoms with Gasteiger partial charge in [-0.05, 0) is 23.1 Å². The van der Waals surface area contributed by atoms with Gasteiger partial charge in [-0.15, -0.1) is 0 Å². The van der Waals surface area contributed by atoms with Crippen LogP contribution in [0.5, 0.6) is 0 Å². The Bertz CT molecular complexity index is 400. The topological polar surface area (TPSA) is 48.8 Å². The van der Waals surface area contributed by atoms with Crippen LogP contribution in [0.1, 0.15) is 11.1 Å². The molecular formula is C10H9N3. The Kier molecular flexibility index (Phi) is 2.02. The number of nitrogens with zero attached hydrogens (tertiary/aromatic N) is 3. The Morgan fingerprint density at radius 3 is 3.00 bits per heavy atom. The summed E-state index contributed by atoms with van der Waals surface area (Å²) in [4.78, 5) is 2.75. The van der Waals surface area contributed by atoms with Crippen molar-refractivity contribution in [3.8, 4) is 0 Å². The van der Waals surface area contributed by atoms with Crippen LogP contribution in [0.3, 0.4) is 0 Å². The van der Waals surface area contributed by atoms with Gasteiger partial charge < -0.3 is 0 Å². The smallest absolute Gasteiger partial charge is 0.0476 e. The number of hydrogen-bond acceptors (Lipinski definition) is 1. The van der Waals surface area contributed by atoms with E-state index in [2.05, 4.69) is 28.2 Å². The number of fused-ring (bicyclic) bond motifs is 1. The number of benzene rings is 1. The molecule has 0 atom stereocenters. The molecule has 0 unspecified atom stereocenters. The molecule has 0 heterocycles. The van der Waals surface area contributed by atoms with Crippen molar-refractivity contribution in [2.75, 3.05) is 6.54 Å². The van der Waals surface area contributed by atoms with E-state index in [1.807, 2.05) is 12.1 Å².